The lowest BCUT2D eigenvalue weighted by Crippen LogP contribution is -2.50. The molecule has 2 heterocycles. The van der Waals surface area contributed by atoms with E-state index in [4.69, 9.17) is 0 Å². The van der Waals surface area contributed by atoms with E-state index in [0.29, 0.717) is 0 Å². The van der Waals surface area contributed by atoms with Crippen LogP contribution in [0.25, 0.3) is 0 Å². The van der Waals surface area contributed by atoms with Crippen LogP contribution in [0.15, 0.2) is 18.5 Å². The van der Waals surface area contributed by atoms with E-state index in [1.807, 2.05) is 12.4 Å². The molecule has 3 rings (SSSR count). The van der Waals surface area contributed by atoms with Gasteiger partial charge in [-0.15, -0.1) is 0 Å². The van der Waals surface area contributed by atoms with Gasteiger partial charge in [-0.25, -0.2) is 0 Å². The van der Waals surface area contributed by atoms with Crippen molar-refractivity contribution in [3.8, 4) is 0 Å². The van der Waals surface area contributed by atoms with Crippen LogP contribution in [0.3, 0.4) is 0 Å². The van der Waals surface area contributed by atoms with Crippen molar-refractivity contribution < 1.29 is 0 Å². The lowest BCUT2D eigenvalue weighted by molar-refractivity contribution is 0.187. The van der Waals surface area contributed by atoms with Crippen molar-refractivity contribution >= 4 is 5.69 Å². The van der Waals surface area contributed by atoms with Gasteiger partial charge in [-0.05, 0) is 25.5 Å². The van der Waals surface area contributed by atoms with Crippen molar-refractivity contribution in [1.82, 2.24) is 15.2 Å². The maximum absolute atomic E-state index is 4.29. The molecule has 0 unspecified atom stereocenters. The molecule has 2 aliphatic rings. The van der Waals surface area contributed by atoms with Crippen LogP contribution in [0, 0.1) is 0 Å². The molecule has 4 nitrogen and oxygen atoms in total. The molecule has 1 aromatic rings. The molecule has 1 aliphatic heterocycles. The highest BCUT2D eigenvalue weighted by atomic mass is 15.3. The van der Waals surface area contributed by atoms with Crippen molar-refractivity contribution in [2.24, 2.45) is 0 Å². The van der Waals surface area contributed by atoms with Crippen LogP contribution in [0.2, 0.25) is 0 Å². The topological polar surface area (TPSA) is 31.4 Å². The average molecular weight is 288 g/mol. The van der Waals surface area contributed by atoms with Gasteiger partial charge in [-0.3, -0.25) is 9.88 Å². The van der Waals surface area contributed by atoms with Crippen molar-refractivity contribution in [2.75, 3.05) is 37.6 Å². The van der Waals surface area contributed by atoms with Gasteiger partial charge in [0.15, 0.2) is 0 Å². The fraction of sp³-hybridized carbons (Fsp3) is 0.706. The monoisotopic (exact) mass is 288 g/mol. The van der Waals surface area contributed by atoms with Crippen LogP contribution in [-0.2, 0) is 6.54 Å². The SMILES string of the molecule is CCNCc1cnccc1N1CCN(C2CCCC2)CC1. The van der Waals surface area contributed by atoms with Crippen molar-refractivity contribution in [3.63, 3.8) is 0 Å². The Morgan fingerprint density at radius 1 is 1.19 bits per heavy atom. The summed E-state index contributed by atoms with van der Waals surface area (Å²) in [6.07, 6.45) is 9.64. The summed E-state index contributed by atoms with van der Waals surface area (Å²) >= 11 is 0. The number of pyridine rings is 1. The summed E-state index contributed by atoms with van der Waals surface area (Å²) in [5, 5.41) is 3.42. The van der Waals surface area contributed by atoms with E-state index in [0.717, 1.165) is 32.2 Å². The Balaban J connectivity index is 1.61. The zero-order valence-electron chi connectivity index (χ0n) is 13.2. The summed E-state index contributed by atoms with van der Waals surface area (Å²) in [4.78, 5) is 9.55. The normalized spacial score (nSPS) is 21.1. The molecule has 0 aromatic carbocycles. The Hall–Kier alpha value is -1.13. The zero-order chi connectivity index (χ0) is 14.5. The molecule has 1 saturated carbocycles. The number of nitrogens with one attached hydrogen (secondary N) is 1. The molecular formula is C17H28N4. The number of anilines is 1. The summed E-state index contributed by atoms with van der Waals surface area (Å²) in [7, 11) is 0. The Bertz CT molecular complexity index is 434. The molecule has 21 heavy (non-hydrogen) atoms. The summed E-state index contributed by atoms with van der Waals surface area (Å²) < 4.78 is 0. The van der Waals surface area contributed by atoms with Gasteiger partial charge < -0.3 is 10.2 Å². The second-order valence-corrected chi connectivity index (χ2v) is 6.25. The summed E-state index contributed by atoms with van der Waals surface area (Å²) in [6, 6.07) is 3.04. The Morgan fingerprint density at radius 2 is 1.95 bits per heavy atom. The van der Waals surface area contributed by atoms with Gasteiger partial charge in [0.25, 0.3) is 0 Å². The number of hydrogen-bond acceptors (Lipinski definition) is 4. The molecule has 0 radical (unpaired) electrons. The second-order valence-electron chi connectivity index (χ2n) is 6.25. The molecule has 0 bridgehead atoms. The van der Waals surface area contributed by atoms with Gasteiger partial charge in [-0.1, -0.05) is 19.8 Å². The minimum absolute atomic E-state index is 0.866. The molecular weight excluding hydrogens is 260 g/mol. The van der Waals surface area contributed by atoms with Gasteiger partial charge in [0.05, 0.1) is 0 Å². The van der Waals surface area contributed by atoms with Gasteiger partial charge in [0, 0.05) is 62.4 Å². The highest BCUT2D eigenvalue weighted by molar-refractivity contribution is 5.52. The van der Waals surface area contributed by atoms with Gasteiger partial charge in [0.2, 0.25) is 0 Å². The molecule has 116 valence electrons. The van der Waals surface area contributed by atoms with Crippen LogP contribution < -0.4 is 10.2 Å². The number of rotatable bonds is 5. The third-order valence-corrected chi connectivity index (χ3v) is 4.94. The lowest BCUT2D eigenvalue weighted by atomic mass is 10.1. The minimum Gasteiger partial charge on any atom is -0.369 e. The molecule has 0 atom stereocenters. The zero-order valence-corrected chi connectivity index (χ0v) is 13.2. The van der Waals surface area contributed by atoms with Crippen molar-refractivity contribution in [3.05, 3.63) is 24.0 Å². The number of hydrogen-bond donors (Lipinski definition) is 1. The Labute approximate surface area is 128 Å². The third kappa shape index (κ3) is 3.55. The number of piperazine rings is 1. The first-order valence-corrected chi connectivity index (χ1v) is 8.51. The van der Waals surface area contributed by atoms with Gasteiger partial charge in [-0.2, -0.15) is 0 Å². The molecule has 0 spiro atoms. The summed E-state index contributed by atoms with van der Waals surface area (Å²) in [5.74, 6) is 0. The quantitative estimate of drug-likeness (QED) is 0.900. The molecule has 1 saturated heterocycles. The van der Waals surface area contributed by atoms with E-state index in [1.54, 1.807) is 0 Å². The number of nitrogens with zero attached hydrogens (tertiary/aromatic N) is 3. The fourth-order valence-electron chi connectivity index (χ4n) is 3.72. The maximum Gasteiger partial charge on any atom is 0.0443 e. The van der Waals surface area contributed by atoms with Crippen LogP contribution >= 0.6 is 0 Å². The molecule has 1 aromatic heterocycles. The first kappa shape index (κ1) is 14.8. The van der Waals surface area contributed by atoms with Crippen LogP contribution in [0.1, 0.15) is 38.2 Å². The lowest BCUT2D eigenvalue weighted by Gasteiger charge is -2.39. The van der Waals surface area contributed by atoms with Crippen LogP contribution in [-0.4, -0.2) is 48.6 Å². The predicted octanol–water partition coefficient (Wildman–Crippen LogP) is 2.26. The standard InChI is InChI=1S/C17H28N4/c1-2-18-13-15-14-19-8-7-17(15)21-11-9-20(10-12-21)16-5-3-4-6-16/h7-8,14,16,18H,2-6,9-13H2,1H3. The maximum atomic E-state index is 4.29. The molecule has 0 amide bonds. The molecule has 4 heteroatoms. The van der Waals surface area contributed by atoms with Crippen LogP contribution in [0.4, 0.5) is 5.69 Å². The largest absolute Gasteiger partial charge is 0.369 e. The smallest absolute Gasteiger partial charge is 0.0443 e. The molecule has 1 aliphatic carbocycles. The average Bonchev–Trinajstić information content (AvgIpc) is 3.08. The highest BCUT2D eigenvalue weighted by Crippen LogP contribution is 2.26. The van der Waals surface area contributed by atoms with E-state index in [9.17, 15) is 0 Å². The van der Waals surface area contributed by atoms with Crippen molar-refractivity contribution in [1.29, 1.82) is 0 Å². The van der Waals surface area contributed by atoms with E-state index in [-0.39, 0.29) is 0 Å². The van der Waals surface area contributed by atoms with E-state index in [2.05, 4.69) is 33.1 Å². The van der Waals surface area contributed by atoms with Crippen molar-refractivity contribution in [2.45, 2.75) is 45.2 Å². The summed E-state index contributed by atoms with van der Waals surface area (Å²) in [5.41, 5.74) is 2.70. The van der Waals surface area contributed by atoms with Gasteiger partial charge >= 0.3 is 0 Å². The third-order valence-electron chi connectivity index (χ3n) is 4.94. The van der Waals surface area contributed by atoms with E-state index < -0.39 is 0 Å². The van der Waals surface area contributed by atoms with Gasteiger partial charge in [0.1, 0.15) is 0 Å². The first-order valence-electron chi connectivity index (χ1n) is 8.51. The second kappa shape index (κ2) is 7.23. The Kier molecular flexibility index (Phi) is 5.09. The highest BCUT2D eigenvalue weighted by Gasteiger charge is 2.26. The van der Waals surface area contributed by atoms with Crippen LogP contribution in [0.5, 0.6) is 0 Å². The first-order chi connectivity index (χ1) is 10.4. The number of aromatic nitrogens is 1. The fourth-order valence-corrected chi connectivity index (χ4v) is 3.72. The summed E-state index contributed by atoms with van der Waals surface area (Å²) in [6.45, 7) is 8.81. The van der Waals surface area contributed by atoms with E-state index in [1.165, 1.54) is 50.0 Å². The Morgan fingerprint density at radius 3 is 2.67 bits per heavy atom. The molecule has 2 fully saturated rings. The predicted molar refractivity (Wildman–Crippen MR) is 87.7 cm³/mol. The minimum atomic E-state index is 0.866. The van der Waals surface area contributed by atoms with E-state index >= 15 is 0 Å². The molecule has 1 N–H and O–H groups in total.